The topological polar surface area (TPSA) is 61.4 Å². The highest BCUT2D eigenvalue weighted by Crippen LogP contribution is 2.35. The third kappa shape index (κ3) is 2.02. The Morgan fingerprint density at radius 3 is 2.69 bits per heavy atom. The summed E-state index contributed by atoms with van der Waals surface area (Å²) in [4.78, 5) is 11.3. The number of amides is 2. The van der Waals surface area contributed by atoms with Crippen molar-refractivity contribution >= 4 is 6.03 Å². The van der Waals surface area contributed by atoms with E-state index in [9.17, 15) is 9.90 Å². The maximum atomic E-state index is 11.3. The van der Waals surface area contributed by atoms with Gasteiger partial charge in [0, 0.05) is 7.05 Å². The number of carbonyl (C=O) groups is 1. The lowest BCUT2D eigenvalue weighted by molar-refractivity contribution is 0.147. The molecule has 1 aliphatic carbocycles. The number of urea groups is 1. The minimum Gasteiger partial charge on any atom is -0.388 e. The largest absolute Gasteiger partial charge is 0.388 e. The van der Waals surface area contributed by atoms with Crippen LogP contribution in [0.25, 0.3) is 0 Å². The molecule has 2 atom stereocenters. The molecule has 0 radical (unpaired) electrons. The Kier molecular flexibility index (Phi) is 3.10. The molecule has 0 spiro atoms. The maximum Gasteiger partial charge on any atom is 0.315 e. The molecule has 0 fully saturated rings. The first-order chi connectivity index (χ1) is 7.72. The van der Waals surface area contributed by atoms with E-state index >= 15 is 0 Å². The van der Waals surface area contributed by atoms with Crippen molar-refractivity contribution in [3.8, 4) is 0 Å². The zero-order valence-electron chi connectivity index (χ0n) is 9.23. The summed E-state index contributed by atoms with van der Waals surface area (Å²) in [7, 11) is 1.60. The standard InChI is InChI=1S/C12H16N2O2/c1-13-12(16)14-10-6-7-11(15)9-5-3-2-4-8(9)10/h2-5,10-11,15H,6-7H2,1H3,(H2,13,14,16). The average Bonchev–Trinajstić information content (AvgIpc) is 2.33. The quantitative estimate of drug-likeness (QED) is 0.671. The molecule has 4 heteroatoms. The highest BCUT2D eigenvalue weighted by molar-refractivity contribution is 5.74. The van der Waals surface area contributed by atoms with Crippen LogP contribution in [0.15, 0.2) is 24.3 Å². The fraction of sp³-hybridized carbons (Fsp3) is 0.417. The van der Waals surface area contributed by atoms with Gasteiger partial charge >= 0.3 is 6.03 Å². The molecule has 0 saturated heterocycles. The Bertz CT molecular complexity index is 392. The number of hydrogen-bond donors (Lipinski definition) is 3. The molecule has 0 heterocycles. The van der Waals surface area contributed by atoms with Crippen LogP contribution in [0.2, 0.25) is 0 Å². The molecular formula is C12H16N2O2. The third-order valence-electron chi connectivity index (χ3n) is 2.99. The average molecular weight is 220 g/mol. The Morgan fingerprint density at radius 1 is 1.31 bits per heavy atom. The number of nitrogens with one attached hydrogen (secondary N) is 2. The molecule has 86 valence electrons. The van der Waals surface area contributed by atoms with E-state index in [1.807, 2.05) is 24.3 Å². The summed E-state index contributed by atoms with van der Waals surface area (Å²) in [6.07, 6.45) is 1.05. The van der Waals surface area contributed by atoms with Crippen LogP contribution in [0.5, 0.6) is 0 Å². The van der Waals surface area contributed by atoms with E-state index in [2.05, 4.69) is 10.6 Å². The van der Waals surface area contributed by atoms with Gasteiger partial charge in [-0.05, 0) is 24.0 Å². The van der Waals surface area contributed by atoms with Crippen LogP contribution in [0, 0.1) is 0 Å². The molecule has 3 N–H and O–H groups in total. The molecule has 2 amide bonds. The lowest BCUT2D eigenvalue weighted by atomic mass is 9.86. The Morgan fingerprint density at radius 2 is 2.00 bits per heavy atom. The molecular weight excluding hydrogens is 204 g/mol. The second kappa shape index (κ2) is 4.53. The van der Waals surface area contributed by atoms with E-state index in [1.165, 1.54) is 0 Å². The first-order valence-electron chi connectivity index (χ1n) is 5.47. The van der Waals surface area contributed by atoms with Crippen LogP contribution >= 0.6 is 0 Å². The van der Waals surface area contributed by atoms with Gasteiger partial charge in [-0.3, -0.25) is 0 Å². The predicted octanol–water partition coefficient (Wildman–Crippen LogP) is 1.48. The smallest absolute Gasteiger partial charge is 0.315 e. The second-order valence-corrected chi connectivity index (χ2v) is 4.00. The van der Waals surface area contributed by atoms with Crippen molar-refractivity contribution in [2.24, 2.45) is 0 Å². The Labute approximate surface area is 94.7 Å². The van der Waals surface area contributed by atoms with Gasteiger partial charge in [0.2, 0.25) is 0 Å². The molecule has 1 aromatic rings. The van der Waals surface area contributed by atoms with Crippen LogP contribution in [0.4, 0.5) is 4.79 Å². The molecule has 16 heavy (non-hydrogen) atoms. The highest BCUT2D eigenvalue weighted by atomic mass is 16.3. The maximum absolute atomic E-state index is 11.3. The first-order valence-corrected chi connectivity index (χ1v) is 5.47. The molecule has 0 aromatic heterocycles. The van der Waals surface area contributed by atoms with Crippen molar-refractivity contribution in [1.82, 2.24) is 10.6 Å². The normalized spacial score (nSPS) is 23.4. The van der Waals surface area contributed by atoms with Crippen LogP contribution in [0.1, 0.15) is 36.1 Å². The minimum absolute atomic E-state index is 0.000417. The number of carbonyl (C=O) groups excluding carboxylic acids is 1. The van der Waals surface area contributed by atoms with E-state index in [1.54, 1.807) is 7.05 Å². The van der Waals surface area contributed by atoms with Crippen LogP contribution in [-0.4, -0.2) is 18.2 Å². The lowest BCUT2D eigenvalue weighted by Crippen LogP contribution is -2.37. The number of aliphatic hydroxyl groups is 1. The monoisotopic (exact) mass is 220 g/mol. The summed E-state index contributed by atoms with van der Waals surface area (Å²) < 4.78 is 0. The van der Waals surface area contributed by atoms with Gasteiger partial charge in [0.15, 0.2) is 0 Å². The molecule has 2 unspecified atom stereocenters. The summed E-state index contributed by atoms with van der Waals surface area (Å²) in [6.45, 7) is 0. The Hall–Kier alpha value is -1.55. The summed E-state index contributed by atoms with van der Waals surface area (Å²) >= 11 is 0. The minimum atomic E-state index is -0.404. The van der Waals surface area contributed by atoms with E-state index < -0.39 is 6.10 Å². The molecule has 4 nitrogen and oxygen atoms in total. The van der Waals surface area contributed by atoms with E-state index in [4.69, 9.17) is 0 Å². The zero-order chi connectivity index (χ0) is 11.5. The van der Waals surface area contributed by atoms with Crippen LogP contribution < -0.4 is 10.6 Å². The van der Waals surface area contributed by atoms with Crippen molar-refractivity contribution in [2.45, 2.75) is 25.0 Å². The summed E-state index contributed by atoms with van der Waals surface area (Å²) in [5, 5.41) is 15.3. The summed E-state index contributed by atoms with van der Waals surface area (Å²) in [5.41, 5.74) is 1.94. The van der Waals surface area contributed by atoms with Crippen molar-refractivity contribution in [1.29, 1.82) is 0 Å². The van der Waals surface area contributed by atoms with Gasteiger partial charge in [0.25, 0.3) is 0 Å². The number of benzene rings is 1. The van der Waals surface area contributed by atoms with E-state index in [-0.39, 0.29) is 12.1 Å². The van der Waals surface area contributed by atoms with Crippen molar-refractivity contribution in [3.05, 3.63) is 35.4 Å². The van der Waals surface area contributed by atoms with Gasteiger partial charge in [0.1, 0.15) is 0 Å². The van der Waals surface area contributed by atoms with Gasteiger partial charge in [-0.25, -0.2) is 4.79 Å². The van der Waals surface area contributed by atoms with E-state index in [0.29, 0.717) is 6.42 Å². The third-order valence-corrected chi connectivity index (χ3v) is 2.99. The molecule has 0 aliphatic heterocycles. The number of hydrogen-bond acceptors (Lipinski definition) is 2. The predicted molar refractivity (Wildman–Crippen MR) is 61.0 cm³/mol. The number of fused-ring (bicyclic) bond motifs is 1. The van der Waals surface area contributed by atoms with Crippen LogP contribution in [-0.2, 0) is 0 Å². The fourth-order valence-corrected chi connectivity index (χ4v) is 2.15. The summed E-state index contributed by atoms with van der Waals surface area (Å²) in [6, 6.07) is 7.52. The van der Waals surface area contributed by atoms with Crippen molar-refractivity contribution in [3.63, 3.8) is 0 Å². The summed E-state index contributed by atoms with van der Waals surface area (Å²) in [5.74, 6) is 0. The highest BCUT2D eigenvalue weighted by Gasteiger charge is 2.26. The van der Waals surface area contributed by atoms with Gasteiger partial charge in [-0.2, -0.15) is 0 Å². The zero-order valence-corrected chi connectivity index (χ0v) is 9.23. The molecule has 0 bridgehead atoms. The van der Waals surface area contributed by atoms with Gasteiger partial charge in [-0.15, -0.1) is 0 Å². The fourth-order valence-electron chi connectivity index (χ4n) is 2.15. The van der Waals surface area contributed by atoms with E-state index in [0.717, 1.165) is 17.5 Å². The van der Waals surface area contributed by atoms with Crippen molar-refractivity contribution < 1.29 is 9.90 Å². The Balaban J connectivity index is 2.24. The van der Waals surface area contributed by atoms with Gasteiger partial charge < -0.3 is 15.7 Å². The number of aliphatic hydroxyl groups excluding tert-OH is 1. The number of rotatable bonds is 1. The van der Waals surface area contributed by atoms with Gasteiger partial charge in [0.05, 0.1) is 12.1 Å². The SMILES string of the molecule is CNC(=O)NC1CCC(O)c2ccccc21. The molecule has 2 rings (SSSR count). The molecule has 0 saturated carbocycles. The molecule has 1 aromatic carbocycles. The van der Waals surface area contributed by atoms with Crippen molar-refractivity contribution in [2.75, 3.05) is 7.05 Å². The van der Waals surface area contributed by atoms with Gasteiger partial charge in [-0.1, -0.05) is 24.3 Å². The second-order valence-electron chi connectivity index (χ2n) is 4.00. The van der Waals surface area contributed by atoms with Crippen LogP contribution in [0.3, 0.4) is 0 Å². The first kappa shape index (κ1) is 11.0. The lowest BCUT2D eigenvalue weighted by Gasteiger charge is -2.29. The molecule has 1 aliphatic rings.